The minimum atomic E-state index is -1.46. The summed E-state index contributed by atoms with van der Waals surface area (Å²) in [6.07, 6.45) is -2.19. The number of aliphatic hydroxyl groups excluding tert-OH is 1. The predicted octanol–water partition coefficient (Wildman–Crippen LogP) is 2.65. The first kappa shape index (κ1) is 16.5. The molecule has 0 saturated heterocycles. The maximum atomic E-state index is 12.7. The quantitative estimate of drug-likeness (QED) is 0.718. The number of phenolic OH excluding ortho intramolecular Hbond substituents is 2. The van der Waals surface area contributed by atoms with E-state index in [0.717, 1.165) is 5.57 Å². The third kappa shape index (κ3) is 2.42. The van der Waals surface area contributed by atoms with Gasteiger partial charge in [0.2, 0.25) is 5.78 Å². The molecule has 2 aliphatic heterocycles. The van der Waals surface area contributed by atoms with Crippen LogP contribution in [-0.2, 0) is 6.42 Å². The number of hydrogen-bond acceptors (Lipinski definition) is 6. The number of ether oxygens (including phenoxy) is 2. The fraction of sp³-hybridized carbons (Fsp3) is 0.250. The zero-order valence-electron chi connectivity index (χ0n) is 14.1. The molecule has 0 aromatic heterocycles. The van der Waals surface area contributed by atoms with Crippen LogP contribution in [0.15, 0.2) is 42.5 Å². The first-order valence-corrected chi connectivity index (χ1v) is 8.25. The molecule has 6 nitrogen and oxygen atoms in total. The van der Waals surface area contributed by atoms with Gasteiger partial charge in [0, 0.05) is 18.1 Å². The second kappa shape index (κ2) is 5.78. The van der Waals surface area contributed by atoms with E-state index in [1.165, 1.54) is 18.2 Å². The molecule has 3 atom stereocenters. The Kier molecular flexibility index (Phi) is 3.66. The maximum Gasteiger partial charge on any atom is 0.202 e. The highest BCUT2D eigenvalue weighted by atomic mass is 16.5. The van der Waals surface area contributed by atoms with Gasteiger partial charge in [-0.3, -0.25) is 4.79 Å². The second-order valence-corrected chi connectivity index (χ2v) is 6.67. The summed E-state index contributed by atoms with van der Waals surface area (Å²) in [5.41, 5.74) is 2.01. The Morgan fingerprint density at radius 2 is 1.88 bits per heavy atom. The molecule has 134 valence electrons. The average Bonchev–Trinajstić information content (AvgIpc) is 3.02. The third-order valence-electron chi connectivity index (χ3n) is 4.80. The van der Waals surface area contributed by atoms with Crippen LogP contribution in [0.4, 0.5) is 0 Å². The second-order valence-electron chi connectivity index (χ2n) is 6.67. The first-order valence-electron chi connectivity index (χ1n) is 8.25. The van der Waals surface area contributed by atoms with E-state index in [1.807, 2.05) is 6.92 Å². The average molecular weight is 354 g/mol. The van der Waals surface area contributed by atoms with Crippen molar-refractivity contribution in [2.24, 2.45) is 0 Å². The van der Waals surface area contributed by atoms with E-state index in [1.54, 1.807) is 12.1 Å². The van der Waals surface area contributed by atoms with Gasteiger partial charge in [-0.2, -0.15) is 0 Å². The van der Waals surface area contributed by atoms with Crippen LogP contribution in [0.1, 0.15) is 34.5 Å². The lowest BCUT2D eigenvalue weighted by molar-refractivity contribution is 0.0208. The van der Waals surface area contributed by atoms with E-state index in [2.05, 4.69) is 6.58 Å². The van der Waals surface area contributed by atoms with E-state index >= 15 is 0 Å². The van der Waals surface area contributed by atoms with Crippen molar-refractivity contribution in [1.82, 2.24) is 0 Å². The molecule has 0 amide bonds. The van der Waals surface area contributed by atoms with Crippen LogP contribution >= 0.6 is 0 Å². The normalized spacial score (nSPS) is 23.6. The van der Waals surface area contributed by atoms with Crippen LogP contribution in [0.2, 0.25) is 0 Å². The highest BCUT2D eigenvalue weighted by Gasteiger charge is 2.42. The van der Waals surface area contributed by atoms with Gasteiger partial charge in [-0.05, 0) is 30.2 Å². The van der Waals surface area contributed by atoms with Crippen LogP contribution in [0.3, 0.4) is 0 Å². The molecule has 0 bridgehead atoms. The van der Waals surface area contributed by atoms with Crippen LogP contribution in [-0.4, -0.2) is 33.3 Å². The topological polar surface area (TPSA) is 96.2 Å². The molecule has 2 aliphatic rings. The van der Waals surface area contributed by atoms with Gasteiger partial charge in [0.25, 0.3) is 0 Å². The fourth-order valence-electron chi connectivity index (χ4n) is 3.38. The Balaban J connectivity index is 1.81. The smallest absolute Gasteiger partial charge is 0.202 e. The van der Waals surface area contributed by atoms with Crippen molar-refractivity contribution >= 4 is 5.78 Å². The molecule has 4 rings (SSSR count). The monoisotopic (exact) mass is 354 g/mol. The minimum Gasteiger partial charge on any atom is -0.508 e. The number of aliphatic hydroxyl groups is 1. The number of phenols is 2. The van der Waals surface area contributed by atoms with Gasteiger partial charge >= 0.3 is 0 Å². The summed E-state index contributed by atoms with van der Waals surface area (Å²) in [5.74, 6) is -0.139. The molecule has 0 spiro atoms. The lowest BCUT2D eigenvalue weighted by Crippen LogP contribution is -2.36. The zero-order valence-corrected chi connectivity index (χ0v) is 14.1. The molecular formula is C20H18O6. The van der Waals surface area contributed by atoms with Crippen LogP contribution < -0.4 is 9.47 Å². The van der Waals surface area contributed by atoms with Crippen LogP contribution in [0.25, 0.3) is 0 Å². The van der Waals surface area contributed by atoms with Crippen molar-refractivity contribution in [2.75, 3.05) is 0 Å². The third-order valence-corrected chi connectivity index (χ3v) is 4.80. The van der Waals surface area contributed by atoms with Gasteiger partial charge < -0.3 is 24.8 Å². The number of carbonyl (C=O) groups is 1. The summed E-state index contributed by atoms with van der Waals surface area (Å²) in [7, 11) is 0. The van der Waals surface area contributed by atoms with E-state index in [4.69, 9.17) is 9.47 Å². The van der Waals surface area contributed by atoms with Crippen LogP contribution in [0, 0.1) is 0 Å². The Bertz CT molecular complexity index is 915. The fourth-order valence-corrected chi connectivity index (χ4v) is 3.38. The Hall–Kier alpha value is -2.99. The van der Waals surface area contributed by atoms with Crippen molar-refractivity contribution < 1.29 is 29.6 Å². The number of carbonyl (C=O) groups excluding carboxylic acids is 1. The number of ketones is 1. The van der Waals surface area contributed by atoms with E-state index < -0.39 is 18.0 Å². The molecular weight excluding hydrogens is 336 g/mol. The predicted molar refractivity (Wildman–Crippen MR) is 92.9 cm³/mol. The Morgan fingerprint density at radius 1 is 1.19 bits per heavy atom. The van der Waals surface area contributed by atoms with Gasteiger partial charge in [0.1, 0.15) is 34.7 Å². The Morgan fingerprint density at radius 3 is 2.54 bits per heavy atom. The molecule has 2 heterocycles. The summed E-state index contributed by atoms with van der Waals surface area (Å²) in [5, 5.41) is 30.2. The molecule has 0 unspecified atom stereocenters. The minimum absolute atomic E-state index is 0.0303. The highest BCUT2D eigenvalue weighted by molar-refractivity contribution is 6.06. The van der Waals surface area contributed by atoms with Gasteiger partial charge in [-0.15, -0.1) is 0 Å². The number of hydrogen-bond donors (Lipinski definition) is 3. The zero-order chi connectivity index (χ0) is 18.6. The maximum absolute atomic E-state index is 12.7. The summed E-state index contributed by atoms with van der Waals surface area (Å²) >= 11 is 0. The van der Waals surface area contributed by atoms with E-state index in [0.29, 0.717) is 23.3 Å². The summed E-state index contributed by atoms with van der Waals surface area (Å²) < 4.78 is 11.8. The standard InChI is InChI=1S/C20H18O6/c1-9(2)14-7-12-15(25-14)8-13(22)16-17(23)18(24)19(26-20(12)16)10-3-5-11(21)6-4-10/h3-6,8,14,18-19,21-22,24H,1,7H2,2H3/t14-,18+,19-/m0/s1. The number of rotatable bonds is 2. The number of fused-ring (bicyclic) bond motifs is 3. The first-order chi connectivity index (χ1) is 12.4. The molecule has 3 N–H and O–H groups in total. The number of Topliss-reactive ketones (excluding diaryl/α,β-unsaturated/α-hetero) is 1. The molecule has 0 saturated carbocycles. The molecule has 26 heavy (non-hydrogen) atoms. The van der Waals surface area contributed by atoms with Gasteiger partial charge in [0.15, 0.2) is 12.2 Å². The molecule has 6 heteroatoms. The van der Waals surface area contributed by atoms with E-state index in [9.17, 15) is 20.1 Å². The summed E-state index contributed by atoms with van der Waals surface area (Å²) in [6.45, 7) is 5.74. The van der Waals surface area contributed by atoms with Gasteiger partial charge in [0.05, 0.1) is 0 Å². The lowest BCUT2D eigenvalue weighted by atomic mass is 9.90. The van der Waals surface area contributed by atoms with Crippen LogP contribution in [0.5, 0.6) is 23.0 Å². The number of aromatic hydroxyl groups is 2. The van der Waals surface area contributed by atoms with Crippen molar-refractivity contribution in [1.29, 1.82) is 0 Å². The van der Waals surface area contributed by atoms with Gasteiger partial charge in [-0.1, -0.05) is 18.7 Å². The van der Waals surface area contributed by atoms with E-state index in [-0.39, 0.29) is 28.9 Å². The molecule has 2 aromatic rings. The molecule has 2 aromatic carbocycles. The lowest BCUT2D eigenvalue weighted by Gasteiger charge is -2.31. The largest absolute Gasteiger partial charge is 0.508 e. The SMILES string of the molecule is C=C(C)[C@@H]1Cc2c(cc(O)c3c2O[C@@H](c2ccc(O)cc2)[C@H](O)C3=O)O1. The van der Waals surface area contributed by atoms with Gasteiger partial charge in [-0.25, -0.2) is 0 Å². The number of benzene rings is 2. The van der Waals surface area contributed by atoms with Crippen molar-refractivity contribution in [2.45, 2.75) is 31.7 Å². The summed E-state index contributed by atoms with van der Waals surface area (Å²) in [4.78, 5) is 12.7. The van der Waals surface area contributed by atoms with Crippen molar-refractivity contribution in [3.05, 3.63) is 59.2 Å². The van der Waals surface area contributed by atoms with Crippen molar-refractivity contribution in [3.8, 4) is 23.0 Å². The highest BCUT2D eigenvalue weighted by Crippen LogP contribution is 2.49. The molecule has 0 fully saturated rings. The van der Waals surface area contributed by atoms with Crippen molar-refractivity contribution in [3.63, 3.8) is 0 Å². The Labute approximate surface area is 149 Å². The molecule has 0 aliphatic carbocycles. The summed E-state index contributed by atoms with van der Waals surface area (Å²) in [6, 6.07) is 7.46. The molecule has 0 radical (unpaired) electrons.